The fourth-order valence-electron chi connectivity index (χ4n) is 2.65. The van der Waals surface area contributed by atoms with E-state index in [2.05, 4.69) is 33.2 Å². The molecule has 0 saturated carbocycles. The third-order valence-electron chi connectivity index (χ3n) is 3.75. The Labute approximate surface area is 127 Å². The van der Waals surface area contributed by atoms with Gasteiger partial charge >= 0.3 is 0 Å². The summed E-state index contributed by atoms with van der Waals surface area (Å²) in [6, 6.07) is 6.02. The molecule has 1 aromatic rings. The van der Waals surface area contributed by atoms with E-state index in [9.17, 15) is 0 Å². The molecule has 0 aliphatic carbocycles. The van der Waals surface area contributed by atoms with E-state index in [4.69, 9.17) is 4.74 Å². The molecule has 5 heteroatoms. The van der Waals surface area contributed by atoms with Crippen LogP contribution in [0.3, 0.4) is 0 Å². The topological polar surface area (TPSA) is 49.8 Å². The second kappa shape index (κ2) is 8.62. The van der Waals surface area contributed by atoms with E-state index in [0.717, 1.165) is 57.2 Å². The maximum atomic E-state index is 5.69. The highest BCUT2D eigenvalue weighted by Crippen LogP contribution is 2.13. The van der Waals surface area contributed by atoms with E-state index >= 15 is 0 Å². The summed E-state index contributed by atoms with van der Waals surface area (Å²) in [6.45, 7) is 5.74. The minimum Gasteiger partial charge on any atom is -0.378 e. The Morgan fingerprint density at radius 1 is 1.43 bits per heavy atom. The third kappa shape index (κ3) is 5.01. The molecule has 116 valence electrons. The molecule has 0 aromatic carbocycles. The van der Waals surface area contributed by atoms with Crippen LogP contribution in [0.1, 0.15) is 25.5 Å². The first-order chi connectivity index (χ1) is 10.3. The van der Waals surface area contributed by atoms with Gasteiger partial charge in [0.1, 0.15) is 0 Å². The Hall–Kier alpha value is -1.62. The lowest BCUT2D eigenvalue weighted by Crippen LogP contribution is -2.47. The van der Waals surface area contributed by atoms with Gasteiger partial charge in [0, 0.05) is 51.6 Å². The quantitative estimate of drug-likeness (QED) is 0.662. The second-order valence-electron chi connectivity index (χ2n) is 5.19. The smallest absolute Gasteiger partial charge is 0.193 e. The lowest BCUT2D eigenvalue weighted by Gasteiger charge is -2.34. The first kappa shape index (κ1) is 15.8. The molecule has 2 rings (SSSR count). The Bertz CT molecular complexity index is 427. The van der Waals surface area contributed by atoms with Gasteiger partial charge in [0.25, 0.3) is 0 Å². The van der Waals surface area contributed by atoms with Crippen molar-refractivity contribution < 1.29 is 4.74 Å². The van der Waals surface area contributed by atoms with Crippen LogP contribution in [0.2, 0.25) is 0 Å². The van der Waals surface area contributed by atoms with Gasteiger partial charge in [-0.15, -0.1) is 0 Å². The molecule has 0 spiro atoms. The maximum absolute atomic E-state index is 5.69. The first-order valence-electron chi connectivity index (χ1n) is 7.80. The van der Waals surface area contributed by atoms with Gasteiger partial charge in [0.15, 0.2) is 5.96 Å². The molecule has 1 aliphatic rings. The van der Waals surface area contributed by atoms with Crippen molar-refractivity contribution in [2.24, 2.45) is 4.99 Å². The highest BCUT2D eigenvalue weighted by atomic mass is 16.5. The van der Waals surface area contributed by atoms with Gasteiger partial charge in [-0.1, -0.05) is 6.07 Å². The summed E-state index contributed by atoms with van der Waals surface area (Å²) < 4.78 is 5.69. The number of aromatic nitrogens is 1. The zero-order valence-electron chi connectivity index (χ0n) is 13.1. The average molecular weight is 290 g/mol. The van der Waals surface area contributed by atoms with Crippen LogP contribution in [0, 0.1) is 0 Å². The van der Waals surface area contributed by atoms with E-state index in [1.54, 1.807) is 0 Å². The average Bonchev–Trinajstić information content (AvgIpc) is 2.54. The number of ether oxygens (including phenoxy) is 1. The zero-order valence-corrected chi connectivity index (χ0v) is 13.1. The van der Waals surface area contributed by atoms with Crippen molar-refractivity contribution in [3.8, 4) is 0 Å². The lowest BCUT2D eigenvalue weighted by molar-refractivity contribution is 0.0264. The summed E-state index contributed by atoms with van der Waals surface area (Å²) in [5.41, 5.74) is 1.11. The molecule has 0 atom stereocenters. The second-order valence-corrected chi connectivity index (χ2v) is 5.19. The van der Waals surface area contributed by atoms with Crippen LogP contribution in [0.4, 0.5) is 0 Å². The number of guanidine groups is 1. The Kier molecular flexibility index (Phi) is 6.47. The van der Waals surface area contributed by atoms with Gasteiger partial charge in [0.05, 0.1) is 6.10 Å². The van der Waals surface area contributed by atoms with Crippen molar-refractivity contribution in [1.82, 2.24) is 15.2 Å². The highest BCUT2D eigenvalue weighted by molar-refractivity contribution is 5.79. The summed E-state index contributed by atoms with van der Waals surface area (Å²) in [4.78, 5) is 11.0. The van der Waals surface area contributed by atoms with Gasteiger partial charge in [-0.3, -0.25) is 9.98 Å². The summed E-state index contributed by atoms with van der Waals surface area (Å²) in [6.07, 6.45) is 5.32. The largest absolute Gasteiger partial charge is 0.378 e. The number of piperidine rings is 1. The molecule has 21 heavy (non-hydrogen) atoms. The zero-order chi connectivity index (χ0) is 14.9. The van der Waals surface area contributed by atoms with Crippen LogP contribution in [-0.4, -0.2) is 55.2 Å². The van der Waals surface area contributed by atoms with E-state index in [-0.39, 0.29) is 0 Å². The number of likely N-dealkylation sites (tertiary alicyclic amines) is 1. The third-order valence-corrected chi connectivity index (χ3v) is 3.75. The SMILES string of the molecule is CCOC1CCN(C(=NC)NCCc2ccccn2)CC1. The van der Waals surface area contributed by atoms with Crippen molar-refractivity contribution in [1.29, 1.82) is 0 Å². The number of nitrogens with one attached hydrogen (secondary N) is 1. The lowest BCUT2D eigenvalue weighted by atomic mass is 10.1. The van der Waals surface area contributed by atoms with E-state index in [0.29, 0.717) is 6.10 Å². The monoisotopic (exact) mass is 290 g/mol. The van der Waals surface area contributed by atoms with Crippen LogP contribution >= 0.6 is 0 Å². The van der Waals surface area contributed by atoms with Crippen LogP contribution in [-0.2, 0) is 11.2 Å². The molecule has 0 unspecified atom stereocenters. The van der Waals surface area contributed by atoms with Crippen LogP contribution < -0.4 is 5.32 Å². The molecule has 0 bridgehead atoms. The summed E-state index contributed by atoms with van der Waals surface area (Å²) in [7, 11) is 1.84. The number of rotatable bonds is 5. The summed E-state index contributed by atoms with van der Waals surface area (Å²) >= 11 is 0. The molecule has 2 heterocycles. The van der Waals surface area contributed by atoms with Gasteiger partial charge in [-0.25, -0.2) is 0 Å². The Morgan fingerprint density at radius 2 is 2.24 bits per heavy atom. The number of hydrogen-bond acceptors (Lipinski definition) is 3. The van der Waals surface area contributed by atoms with Crippen LogP contribution in [0.25, 0.3) is 0 Å². The molecule has 1 aromatic heterocycles. The standard InChI is InChI=1S/C16H26N4O/c1-3-21-15-8-12-20(13-9-15)16(17-2)19-11-7-14-6-4-5-10-18-14/h4-6,10,15H,3,7-9,11-13H2,1-2H3,(H,17,19). The van der Waals surface area contributed by atoms with Crippen LogP contribution in [0.15, 0.2) is 29.4 Å². The fraction of sp³-hybridized carbons (Fsp3) is 0.625. The summed E-state index contributed by atoms with van der Waals surface area (Å²) in [5, 5.41) is 3.43. The molecule has 1 aliphatic heterocycles. The first-order valence-corrected chi connectivity index (χ1v) is 7.80. The number of aliphatic imine (C=N–C) groups is 1. The number of nitrogens with zero attached hydrogens (tertiary/aromatic N) is 3. The van der Waals surface area contributed by atoms with Crippen molar-refractivity contribution >= 4 is 5.96 Å². The van der Waals surface area contributed by atoms with E-state index in [1.807, 2.05) is 25.4 Å². The van der Waals surface area contributed by atoms with Crippen molar-refractivity contribution in [3.63, 3.8) is 0 Å². The van der Waals surface area contributed by atoms with E-state index < -0.39 is 0 Å². The molecule has 0 radical (unpaired) electrons. The highest BCUT2D eigenvalue weighted by Gasteiger charge is 2.21. The summed E-state index contributed by atoms with van der Waals surface area (Å²) in [5.74, 6) is 0.987. The van der Waals surface area contributed by atoms with Crippen molar-refractivity contribution in [3.05, 3.63) is 30.1 Å². The van der Waals surface area contributed by atoms with Gasteiger partial charge < -0.3 is 15.0 Å². The molecular formula is C16H26N4O. The minimum absolute atomic E-state index is 0.415. The molecule has 0 amide bonds. The van der Waals surface area contributed by atoms with Crippen molar-refractivity contribution in [2.45, 2.75) is 32.3 Å². The predicted octanol–water partition coefficient (Wildman–Crippen LogP) is 1.70. The van der Waals surface area contributed by atoms with Gasteiger partial charge in [-0.05, 0) is 31.9 Å². The van der Waals surface area contributed by atoms with E-state index in [1.165, 1.54) is 0 Å². The Morgan fingerprint density at radius 3 is 2.86 bits per heavy atom. The molecule has 5 nitrogen and oxygen atoms in total. The fourth-order valence-corrected chi connectivity index (χ4v) is 2.65. The number of hydrogen-bond donors (Lipinski definition) is 1. The molecule has 1 saturated heterocycles. The predicted molar refractivity (Wildman–Crippen MR) is 85.5 cm³/mol. The molecule has 1 fully saturated rings. The van der Waals surface area contributed by atoms with Crippen LogP contribution in [0.5, 0.6) is 0 Å². The maximum Gasteiger partial charge on any atom is 0.193 e. The molecular weight excluding hydrogens is 264 g/mol. The number of pyridine rings is 1. The molecule has 1 N–H and O–H groups in total. The normalized spacial score (nSPS) is 17.0. The van der Waals surface area contributed by atoms with Gasteiger partial charge in [0.2, 0.25) is 0 Å². The van der Waals surface area contributed by atoms with Gasteiger partial charge in [-0.2, -0.15) is 0 Å². The minimum atomic E-state index is 0.415. The Balaban J connectivity index is 1.74. The van der Waals surface area contributed by atoms with Crippen molar-refractivity contribution in [2.75, 3.05) is 33.3 Å².